The van der Waals surface area contributed by atoms with E-state index in [2.05, 4.69) is 4.74 Å². The first-order valence-corrected chi connectivity index (χ1v) is 4.63. The fourth-order valence-electron chi connectivity index (χ4n) is 1.31. The number of aryl methyl sites for hydroxylation is 1. The molecule has 0 spiro atoms. The highest BCUT2D eigenvalue weighted by Gasteiger charge is 2.15. The summed E-state index contributed by atoms with van der Waals surface area (Å²) in [7, 11) is 1.28. The summed E-state index contributed by atoms with van der Waals surface area (Å²) in [6, 6.07) is 4.10. The molecular formula is C11H14FNO2. The Morgan fingerprint density at radius 3 is 2.80 bits per heavy atom. The molecule has 0 aliphatic carbocycles. The molecule has 2 N–H and O–H groups in total. The zero-order valence-corrected chi connectivity index (χ0v) is 8.79. The number of hydrogen-bond acceptors (Lipinski definition) is 3. The first-order chi connectivity index (χ1) is 7.04. The summed E-state index contributed by atoms with van der Waals surface area (Å²) in [5.41, 5.74) is 6.84. The summed E-state index contributed by atoms with van der Waals surface area (Å²) < 4.78 is 17.9. The van der Waals surface area contributed by atoms with Gasteiger partial charge in [-0.3, -0.25) is 4.79 Å². The summed E-state index contributed by atoms with van der Waals surface area (Å²) >= 11 is 0. The van der Waals surface area contributed by atoms with Crippen LogP contribution in [0.3, 0.4) is 0 Å². The van der Waals surface area contributed by atoms with Gasteiger partial charge < -0.3 is 10.5 Å². The summed E-state index contributed by atoms with van der Waals surface area (Å²) in [6.45, 7) is 1.79. The van der Waals surface area contributed by atoms with Gasteiger partial charge in [0.2, 0.25) is 0 Å². The minimum atomic E-state index is -0.655. The van der Waals surface area contributed by atoms with Crippen molar-refractivity contribution in [3.05, 3.63) is 35.1 Å². The topological polar surface area (TPSA) is 52.3 Å². The molecule has 0 aliphatic heterocycles. The van der Waals surface area contributed by atoms with Crippen molar-refractivity contribution in [3.63, 3.8) is 0 Å². The van der Waals surface area contributed by atoms with Gasteiger partial charge in [0.1, 0.15) is 5.82 Å². The number of halogens is 1. The minimum Gasteiger partial charge on any atom is -0.469 e. The van der Waals surface area contributed by atoms with E-state index in [0.29, 0.717) is 5.56 Å². The minimum absolute atomic E-state index is 0.0174. The molecule has 0 unspecified atom stereocenters. The molecule has 1 rings (SSSR count). The average molecular weight is 211 g/mol. The molecule has 0 heterocycles. The fourth-order valence-corrected chi connectivity index (χ4v) is 1.31. The van der Waals surface area contributed by atoms with Gasteiger partial charge in [0.05, 0.1) is 13.5 Å². The molecule has 0 fully saturated rings. The number of carbonyl (C=O) groups is 1. The number of ether oxygens (including phenoxy) is 1. The van der Waals surface area contributed by atoms with E-state index in [1.54, 1.807) is 19.1 Å². The molecule has 3 nitrogen and oxygen atoms in total. The number of benzene rings is 1. The van der Waals surface area contributed by atoms with E-state index in [-0.39, 0.29) is 12.2 Å². The molecule has 0 radical (unpaired) electrons. The second-order valence-corrected chi connectivity index (χ2v) is 3.41. The highest BCUT2D eigenvalue weighted by atomic mass is 19.1. The molecule has 0 saturated carbocycles. The molecule has 4 heteroatoms. The van der Waals surface area contributed by atoms with Gasteiger partial charge in [-0.15, -0.1) is 0 Å². The van der Waals surface area contributed by atoms with Crippen LogP contribution in [0.1, 0.15) is 23.6 Å². The van der Waals surface area contributed by atoms with Crippen LogP contribution in [-0.2, 0) is 9.53 Å². The number of hydrogen-bond donors (Lipinski definition) is 1. The lowest BCUT2D eigenvalue weighted by Gasteiger charge is -2.11. The highest BCUT2D eigenvalue weighted by Crippen LogP contribution is 2.19. The quantitative estimate of drug-likeness (QED) is 0.774. The Hall–Kier alpha value is -1.42. The zero-order chi connectivity index (χ0) is 11.4. The standard InChI is InChI=1S/C11H14FNO2/c1-7-3-4-8(9(12)5-7)10(13)6-11(14)15-2/h3-5,10H,6,13H2,1-2H3/t10-/m1/s1. The lowest BCUT2D eigenvalue weighted by molar-refractivity contribution is -0.141. The largest absolute Gasteiger partial charge is 0.469 e. The van der Waals surface area contributed by atoms with Crippen LogP contribution in [0, 0.1) is 12.7 Å². The van der Waals surface area contributed by atoms with Crippen LogP contribution in [0.4, 0.5) is 4.39 Å². The molecule has 1 aromatic carbocycles. The number of nitrogens with two attached hydrogens (primary N) is 1. The Kier molecular flexibility index (Phi) is 3.80. The molecular weight excluding hydrogens is 197 g/mol. The molecule has 0 aromatic heterocycles. The van der Waals surface area contributed by atoms with Gasteiger partial charge in [-0.2, -0.15) is 0 Å². The van der Waals surface area contributed by atoms with Crippen molar-refractivity contribution < 1.29 is 13.9 Å². The van der Waals surface area contributed by atoms with Crippen molar-refractivity contribution in [2.24, 2.45) is 5.73 Å². The van der Waals surface area contributed by atoms with Gasteiger partial charge in [0.25, 0.3) is 0 Å². The second-order valence-electron chi connectivity index (χ2n) is 3.41. The van der Waals surface area contributed by atoms with Gasteiger partial charge in [0.15, 0.2) is 0 Å². The Morgan fingerprint density at radius 1 is 1.60 bits per heavy atom. The van der Waals surface area contributed by atoms with E-state index >= 15 is 0 Å². The average Bonchev–Trinajstić information content (AvgIpc) is 2.17. The fraction of sp³-hybridized carbons (Fsp3) is 0.364. The first kappa shape index (κ1) is 11.7. The molecule has 1 aromatic rings. The smallest absolute Gasteiger partial charge is 0.307 e. The maximum Gasteiger partial charge on any atom is 0.307 e. The highest BCUT2D eigenvalue weighted by molar-refractivity contribution is 5.70. The van der Waals surface area contributed by atoms with Gasteiger partial charge >= 0.3 is 5.97 Å². The third kappa shape index (κ3) is 3.02. The summed E-state index contributed by atoms with van der Waals surface area (Å²) in [4.78, 5) is 10.9. The van der Waals surface area contributed by atoms with Crippen LogP contribution in [0.5, 0.6) is 0 Å². The molecule has 0 bridgehead atoms. The van der Waals surface area contributed by atoms with Crippen LogP contribution in [-0.4, -0.2) is 13.1 Å². The van der Waals surface area contributed by atoms with Gasteiger partial charge in [-0.25, -0.2) is 4.39 Å². The van der Waals surface area contributed by atoms with Crippen LogP contribution in [0.2, 0.25) is 0 Å². The molecule has 15 heavy (non-hydrogen) atoms. The summed E-state index contributed by atoms with van der Waals surface area (Å²) in [5, 5.41) is 0. The van der Waals surface area contributed by atoms with Crippen molar-refractivity contribution in [1.29, 1.82) is 0 Å². The van der Waals surface area contributed by atoms with Crippen LogP contribution < -0.4 is 5.73 Å². The third-order valence-corrected chi connectivity index (χ3v) is 2.17. The van der Waals surface area contributed by atoms with Gasteiger partial charge in [-0.05, 0) is 18.6 Å². The van der Waals surface area contributed by atoms with E-state index in [0.717, 1.165) is 5.56 Å². The van der Waals surface area contributed by atoms with E-state index in [1.165, 1.54) is 13.2 Å². The lowest BCUT2D eigenvalue weighted by Crippen LogP contribution is -2.17. The molecule has 0 saturated heterocycles. The first-order valence-electron chi connectivity index (χ1n) is 4.63. The Labute approximate surface area is 88.0 Å². The number of esters is 1. The number of rotatable bonds is 3. The van der Waals surface area contributed by atoms with Crippen LogP contribution in [0.15, 0.2) is 18.2 Å². The van der Waals surface area contributed by atoms with Crippen molar-refractivity contribution in [3.8, 4) is 0 Å². The molecule has 0 aliphatic rings. The molecule has 82 valence electrons. The normalized spacial score (nSPS) is 12.3. The maximum absolute atomic E-state index is 13.4. The van der Waals surface area contributed by atoms with E-state index in [9.17, 15) is 9.18 Å². The van der Waals surface area contributed by atoms with Gasteiger partial charge in [0, 0.05) is 11.6 Å². The predicted octanol–water partition coefficient (Wildman–Crippen LogP) is 1.70. The summed E-state index contributed by atoms with van der Waals surface area (Å²) in [6.07, 6.45) is -0.0174. The Morgan fingerprint density at radius 2 is 2.27 bits per heavy atom. The summed E-state index contributed by atoms with van der Waals surface area (Å²) in [5.74, 6) is -0.825. The van der Waals surface area contributed by atoms with Crippen LogP contribution in [0.25, 0.3) is 0 Å². The molecule has 0 amide bonds. The van der Waals surface area contributed by atoms with Crippen molar-refractivity contribution >= 4 is 5.97 Å². The van der Waals surface area contributed by atoms with E-state index in [1.807, 2.05) is 0 Å². The number of carbonyl (C=O) groups excluding carboxylic acids is 1. The Bertz CT molecular complexity index is 366. The SMILES string of the molecule is COC(=O)C[C@@H](N)c1ccc(C)cc1F. The predicted molar refractivity (Wildman–Crippen MR) is 54.7 cm³/mol. The van der Waals surface area contributed by atoms with Crippen LogP contribution >= 0.6 is 0 Å². The second kappa shape index (κ2) is 4.89. The van der Waals surface area contributed by atoms with Crippen molar-refractivity contribution in [1.82, 2.24) is 0 Å². The number of methoxy groups -OCH3 is 1. The van der Waals surface area contributed by atoms with E-state index in [4.69, 9.17) is 5.73 Å². The molecule has 1 atom stereocenters. The zero-order valence-electron chi connectivity index (χ0n) is 8.79. The lowest BCUT2D eigenvalue weighted by atomic mass is 10.0. The van der Waals surface area contributed by atoms with Crippen molar-refractivity contribution in [2.75, 3.05) is 7.11 Å². The van der Waals surface area contributed by atoms with E-state index < -0.39 is 12.0 Å². The van der Waals surface area contributed by atoms with Gasteiger partial charge in [-0.1, -0.05) is 12.1 Å². The maximum atomic E-state index is 13.4. The third-order valence-electron chi connectivity index (χ3n) is 2.17. The van der Waals surface area contributed by atoms with Crippen molar-refractivity contribution in [2.45, 2.75) is 19.4 Å². The Balaban J connectivity index is 2.82. The monoisotopic (exact) mass is 211 g/mol.